The van der Waals surface area contributed by atoms with E-state index in [1.54, 1.807) is 18.6 Å². The maximum atomic E-state index is 11.4. The molecule has 7 heteroatoms. The molecule has 1 atom stereocenters. The van der Waals surface area contributed by atoms with Crippen LogP contribution in [0.4, 0.5) is 0 Å². The van der Waals surface area contributed by atoms with Gasteiger partial charge in [-0.3, -0.25) is 9.78 Å². The fraction of sp³-hybridized carbons (Fsp3) is 0.188. The molecule has 0 fully saturated rings. The number of carbonyl (C=O) groups is 1. The minimum atomic E-state index is -0.0630. The molecule has 2 aromatic heterocycles. The number of hydrogen-bond acceptors (Lipinski definition) is 6. The van der Waals surface area contributed by atoms with E-state index in [9.17, 15) is 4.79 Å². The van der Waals surface area contributed by atoms with Gasteiger partial charge in [0.1, 0.15) is 11.2 Å². The van der Waals surface area contributed by atoms with E-state index in [1.807, 2.05) is 25.1 Å². The third-order valence-corrected chi connectivity index (χ3v) is 3.73. The molecule has 0 aliphatic carbocycles. The van der Waals surface area contributed by atoms with Gasteiger partial charge in [-0.1, -0.05) is 13.0 Å². The van der Waals surface area contributed by atoms with E-state index in [-0.39, 0.29) is 11.8 Å². The number of aromatic nitrogens is 3. The fourth-order valence-electron chi connectivity index (χ4n) is 2.61. The van der Waals surface area contributed by atoms with Gasteiger partial charge in [0.25, 0.3) is 0 Å². The highest BCUT2D eigenvalue weighted by Crippen LogP contribution is 2.25. The van der Waals surface area contributed by atoms with Crippen LogP contribution in [0, 0.1) is 5.92 Å². The van der Waals surface area contributed by atoms with Crippen LogP contribution in [0.1, 0.15) is 18.9 Å². The molecule has 0 bridgehead atoms. The van der Waals surface area contributed by atoms with Crippen LogP contribution in [0.3, 0.4) is 0 Å². The highest BCUT2D eigenvalue weighted by Gasteiger charge is 2.22. The zero-order chi connectivity index (χ0) is 15.8. The lowest BCUT2D eigenvalue weighted by Crippen LogP contribution is -2.31. The predicted molar refractivity (Wildman–Crippen MR) is 83.5 cm³/mol. The molecule has 0 saturated carbocycles. The summed E-state index contributed by atoms with van der Waals surface area (Å²) in [6.07, 6.45) is 5.23. The van der Waals surface area contributed by atoms with Crippen LogP contribution in [0.2, 0.25) is 0 Å². The number of rotatable bonds is 2. The van der Waals surface area contributed by atoms with E-state index in [1.165, 1.54) is 0 Å². The molecular formula is C16H13N5O2. The van der Waals surface area contributed by atoms with E-state index in [4.69, 9.17) is 4.42 Å². The average molecular weight is 307 g/mol. The molecule has 23 heavy (non-hydrogen) atoms. The first-order valence-electron chi connectivity index (χ1n) is 7.24. The largest absolute Gasteiger partial charge is 0.435 e. The van der Waals surface area contributed by atoms with Crippen LogP contribution in [0.25, 0.3) is 22.7 Å². The topological polar surface area (TPSA) is 93.3 Å². The first kappa shape index (κ1) is 13.6. The zero-order valence-electron chi connectivity index (χ0n) is 12.4. The summed E-state index contributed by atoms with van der Waals surface area (Å²) < 4.78 is 5.79. The normalized spacial score (nSPS) is 17.9. The van der Waals surface area contributed by atoms with Gasteiger partial charge in [0.05, 0.1) is 11.9 Å². The van der Waals surface area contributed by atoms with Crippen LogP contribution >= 0.6 is 0 Å². The second-order valence-corrected chi connectivity index (χ2v) is 5.43. The third-order valence-electron chi connectivity index (χ3n) is 3.73. The lowest BCUT2D eigenvalue weighted by Gasteiger charge is -2.18. The summed E-state index contributed by atoms with van der Waals surface area (Å²) >= 11 is 0. The molecule has 3 heterocycles. The average Bonchev–Trinajstić information content (AvgIpc) is 2.99. The smallest absolute Gasteiger partial charge is 0.247 e. The van der Waals surface area contributed by atoms with Crippen molar-refractivity contribution in [3.8, 4) is 11.6 Å². The van der Waals surface area contributed by atoms with Gasteiger partial charge in [-0.05, 0) is 12.1 Å². The Kier molecular flexibility index (Phi) is 3.11. The van der Waals surface area contributed by atoms with Crippen molar-refractivity contribution in [2.24, 2.45) is 11.0 Å². The van der Waals surface area contributed by atoms with Gasteiger partial charge in [-0.2, -0.15) is 5.10 Å². The van der Waals surface area contributed by atoms with Crippen LogP contribution in [-0.4, -0.2) is 26.6 Å². The van der Waals surface area contributed by atoms with Gasteiger partial charge < -0.3 is 4.42 Å². The standard InChI is InChI=1S/C16H13N5O2/c1-9-6-14(22)20-21-15(9)10-2-3-11-13(7-10)23-16(19-11)12-8-17-4-5-18-12/h2-5,7-9H,6H2,1H3,(H,20,22). The molecule has 0 radical (unpaired) electrons. The summed E-state index contributed by atoms with van der Waals surface area (Å²) in [5, 5.41) is 4.17. The second-order valence-electron chi connectivity index (χ2n) is 5.43. The molecule has 0 saturated heterocycles. The second kappa shape index (κ2) is 5.28. The minimum absolute atomic E-state index is 0.0589. The molecule has 1 unspecified atom stereocenters. The van der Waals surface area contributed by atoms with Gasteiger partial charge in [0.2, 0.25) is 11.8 Å². The molecule has 1 aromatic carbocycles. The number of hydrazone groups is 1. The number of fused-ring (bicyclic) bond motifs is 1. The number of benzene rings is 1. The predicted octanol–water partition coefficient (Wildman–Crippen LogP) is 2.14. The maximum absolute atomic E-state index is 11.4. The van der Waals surface area contributed by atoms with Crippen molar-refractivity contribution < 1.29 is 9.21 Å². The Balaban J connectivity index is 1.75. The summed E-state index contributed by atoms with van der Waals surface area (Å²) in [6.45, 7) is 1.98. The molecule has 1 amide bonds. The van der Waals surface area contributed by atoms with E-state index in [0.717, 1.165) is 16.8 Å². The van der Waals surface area contributed by atoms with Crippen LogP contribution < -0.4 is 5.43 Å². The molecular weight excluding hydrogens is 294 g/mol. The van der Waals surface area contributed by atoms with Crippen molar-refractivity contribution in [1.29, 1.82) is 0 Å². The number of amides is 1. The Morgan fingerprint density at radius 1 is 1.30 bits per heavy atom. The summed E-state index contributed by atoms with van der Waals surface area (Å²) in [7, 11) is 0. The molecule has 3 aromatic rings. The van der Waals surface area contributed by atoms with Crippen LogP contribution in [0.15, 0.2) is 46.3 Å². The molecule has 4 rings (SSSR count). The first-order chi connectivity index (χ1) is 11.2. The minimum Gasteiger partial charge on any atom is -0.435 e. The summed E-state index contributed by atoms with van der Waals surface area (Å²) in [6, 6.07) is 5.69. The lowest BCUT2D eigenvalue weighted by molar-refractivity contribution is -0.121. The van der Waals surface area contributed by atoms with Gasteiger partial charge in [0, 0.05) is 30.3 Å². The summed E-state index contributed by atoms with van der Waals surface area (Å²) in [4.78, 5) is 24.0. The highest BCUT2D eigenvalue weighted by molar-refractivity contribution is 6.07. The van der Waals surface area contributed by atoms with E-state index in [2.05, 4.69) is 25.5 Å². The van der Waals surface area contributed by atoms with Crippen LogP contribution in [0.5, 0.6) is 0 Å². The van der Waals surface area contributed by atoms with Gasteiger partial charge >= 0.3 is 0 Å². The lowest BCUT2D eigenvalue weighted by atomic mass is 9.94. The zero-order valence-corrected chi connectivity index (χ0v) is 12.4. The first-order valence-corrected chi connectivity index (χ1v) is 7.24. The molecule has 7 nitrogen and oxygen atoms in total. The van der Waals surface area contributed by atoms with Crippen molar-refractivity contribution in [3.63, 3.8) is 0 Å². The number of hydrogen-bond donors (Lipinski definition) is 1. The Hall–Kier alpha value is -3.09. The Morgan fingerprint density at radius 2 is 2.22 bits per heavy atom. The molecule has 0 spiro atoms. The number of oxazole rings is 1. The van der Waals surface area contributed by atoms with E-state index < -0.39 is 0 Å². The third kappa shape index (κ3) is 2.46. The van der Waals surface area contributed by atoms with Crippen molar-refractivity contribution in [1.82, 2.24) is 20.4 Å². The quantitative estimate of drug-likeness (QED) is 0.783. The van der Waals surface area contributed by atoms with Crippen molar-refractivity contribution in [2.75, 3.05) is 0 Å². The molecule has 114 valence electrons. The Labute approximate surface area is 131 Å². The fourth-order valence-corrected chi connectivity index (χ4v) is 2.61. The van der Waals surface area contributed by atoms with Crippen molar-refractivity contribution in [3.05, 3.63) is 42.4 Å². The summed E-state index contributed by atoms with van der Waals surface area (Å²) in [5.74, 6) is 0.424. The molecule has 1 N–H and O–H groups in total. The molecule has 1 aliphatic heterocycles. The van der Waals surface area contributed by atoms with Crippen molar-refractivity contribution >= 4 is 22.7 Å². The summed E-state index contributed by atoms with van der Waals surface area (Å²) in [5.41, 5.74) is 6.24. The Morgan fingerprint density at radius 3 is 3.00 bits per heavy atom. The van der Waals surface area contributed by atoms with E-state index in [0.29, 0.717) is 23.6 Å². The SMILES string of the molecule is CC1CC(=O)NN=C1c1ccc2nc(-c3cnccn3)oc2c1. The Bertz CT molecular complexity index is 917. The van der Waals surface area contributed by atoms with Gasteiger partial charge in [-0.15, -0.1) is 0 Å². The van der Waals surface area contributed by atoms with Gasteiger partial charge in [-0.25, -0.2) is 15.4 Å². The monoisotopic (exact) mass is 307 g/mol. The maximum Gasteiger partial charge on any atom is 0.247 e. The molecule has 1 aliphatic rings. The van der Waals surface area contributed by atoms with Gasteiger partial charge in [0.15, 0.2) is 5.58 Å². The van der Waals surface area contributed by atoms with Crippen LogP contribution in [-0.2, 0) is 4.79 Å². The number of carbonyl (C=O) groups excluding carboxylic acids is 1. The number of nitrogens with one attached hydrogen (secondary N) is 1. The van der Waals surface area contributed by atoms with E-state index >= 15 is 0 Å². The highest BCUT2D eigenvalue weighted by atomic mass is 16.3. The van der Waals surface area contributed by atoms with Crippen molar-refractivity contribution in [2.45, 2.75) is 13.3 Å². The number of nitrogens with zero attached hydrogens (tertiary/aromatic N) is 4.